The van der Waals surface area contributed by atoms with E-state index in [0.717, 1.165) is 39.0 Å². The molecular weight excluding hydrogens is 357 g/mol. The van der Waals surface area contributed by atoms with Crippen molar-refractivity contribution >= 4 is 24.8 Å². The van der Waals surface area contributed by atoms with Gasteiger partial charge in [-0.15, -0.1) is 24.8 Å². The van der Waals surface area contributed by atoms with Gasteiger partial charge in [-0.25, -0.2) is 0 Å². The van der Waals surface area contributed by atoms with E-state index in [2.05, 4.69) is 28.8 Å². The number of hydrogen-bond acceptors (Lipinski definition) is 3. The minimum absolute atomic E-state index is 0. The van der Waals surface area contributed by atoms with Crippen LogP contribution in [0.3, 0.4) is 0 Å². The van der Waals surface area contributed by atoms with Crippen LogP contribution in [0.2, 0.25) is 0 Å². The zero-order valence-electron chi connectivity index (χ0n) is 14.2. The summed E-state index contributed by atoms with van der Waals surface area (Å²) in [7, 11) is 0. The molecule has 1 atom stereocenters. The van der Waals surface area contributed by atoms with E-state index in [1.807, 2.05) is 12.1 Å². The van der Waals surface area contributed by atoms with Crippen LogP contribution in [-0.2, 0) is 0 Å². The van der Waals surface area contributed by atoms with Gasteiger partial charge in [0.05, 0.1) is 0 Å². The Hall–Kier alpha value is -0.620. The smallest absolute Gasteiger partial charge is 0.387 e. The van der Waals surface area contributed by atoms with Crippen LogP contribution in [-0.4, -0.2) is 37.7 Å². The Bertz CT molecular complexity index is 441. The highest BCUT2D eigenvalue weighted by Gasteiger charge is 2.22. The molecule has 1 N–H and O–H groups in total. The standard InChI is InChI=1S/C17H26F2N2O.2ClH/c1-13(2)3-8-16(21-11-9-20-10-12-21)14-4-6-15(7-5-14)22-17(18)19;;/h4-7,13,16-17,20H,3,8-12H2,1-2H3;2*1H/t16-;;/m1../s1. The van der Waals surface area contributed by atoms with Crippen LogP contribution in [0.1, 0.15) is 38.3 Å². The molecule has 2 rings (SSSR count). The number of alkyl halides is 2. The van der Waals surface area contributed by atoms with E-state index in [-0.39, 0.29) is 30.6 Å². The molecule has 0 radical (unpaired) electrons. The van der Waals surface area contributed by atoms with Crippen molar-refractivity contribution in [2.24, 2.45) is 5.92 Å². The van der Waals surface area contributed by atoms with E-state index in [1.165, 1.54) is 5.56 Å². The summed E-state index contributed by atoms with van der Waals surface area (Å²) in [4.78, 5) is 2.49. The van der Waals surface area contributed by atoms with Crippen molar-refractivity contribution in [1.82, 2.24) is 10.2 Å². The lowest BCUT2D eigenvalue weighted by Gasteiger charge is -2.35. The maximum Gasteiger partial charge on any atom is 0.387 e. The summed E-state index contributed by atoms with van der Waals surface area (Å²) >= 11 is 0. The molecule has 7 heteroatoms. The average Bonchev–Trinajstić information content (AvgIpc) is 2.49. The monoisotopic (exact) mass is 384 g/mol. The SMILES string of the molecule is CC(C)CC[C@H](c1ccc(OC(F)F)cc1)N1CCNCC1.Cl.Cl. The lowest BCUT2D eigenvalue weighted by Crippen LogP contribution is -2.45. The van der Waals surface area contributed by atoms with Gasteiger partial charge in [0.1, 0.15) is 5.75 Å². The van der Waals surface area contributed by atoms with E-state index in [9.17, 15) is 8.78 Å². The Morgan fingerprint density at radius 1 is 1.04 bits per heavy atom. The van der Waals surface area contributed by atoms with Crippen molar-refractivity contribution < 1.29 is 13.5 Å². The number of rotatable bonds is 7. The molecule has 24 heavy (non-hydrogen) atoms. The lowest BCUT2D eigenvalue weighted by molar-refractivity contribution is -0.0498. The van der Waals surface area contributed by atoms with E-state index in [1.54, 1.807) is 12.1 Å². The highest BCUT2D eigenvalue weighted by molar-refractivity contribution is 5.85. The first-order valence-electron chi connectivity index (χ1n) is 8.06. The number of benzene rings is 1. The maximum atomic E-state index is 12.2. The molecule has 0 spiro atoms. The van der Waals surface area contributed by atoms with E-state index >= 15 is 0 Å². The predicted molar refractivity (Wildman–Crippen MR) is 98.8 cm³/mol. The first-order chi connectivity index (χ1) is 10.6. The summed E-state index contributed by atoms with van der Waals surface area (Å²) in [5.74, 6) is 0.883. The van der Waals surface area contributed by atoms with Gasteiger partial charge in [0.15, 0.2) is 0 Å². The fraction of sp³-hybridized carbons (Fsp3) is 0.647. The Balaban J connectivity index is 0.00000264. The average molecular weight is 385 g/mol. The first kappa shape index (κ1) is 23.4. The van der Waals surface area contributed by atoms with Gasteiger partial charge in [-0.05, 0) is 36.5 Å². The van der Waals surface area contributed by atoms with E-state index < -0.39 is 6.61 Å². The second kappa shape index (κ2) is 11.9. The van der Waals surface area contributed by atoms with Gasteiger partial charge in [0.2, 0.25) is 0 Å². The van der Waals surface area contributed by atoms with Crippen molar-refractivity contribution in [3.05, 3.63) is 29.8 Å². The van der Waals surface area contributed by atoms with Crippen LogP contribution in [0.4, 0.5) is 8.78 Å². The highest BCUT2D eigenvalue weighted by Crippen LogP contribution is 2.29. The van der Waals surface area contributed by atoms with Gasteiger partial charge < -0.3 is 10.1 Å². The number of halogens is 4. The third-order valence-corrected chi connectivity index (χ3v) is 4.10. The van der Waals surface area contributed by atoms with Crippen LogP contribution >= 0.6 is 24.8 Å². The molecule has 0 aromatic heterocycles. The van der Waals surface area contributed by atoms with Crippen molar-refractivity contribution in [3.8, 4) is 5.75 Å². The molecule has 0 amide bonds. The number of nitrogens with zero attached hydrogens (tertiary/aromatic N) is 1. The summed E-state index contributed by atoms with van der Waals surface area (Å²) in [5.41, 5.74) is 1.18. The molecule has 0 saturated carbocycles. The number of nitrogens with one attached hydrogen (secondary N) is 1. The zero-order valence-corrected chi connectivity index (χ0v) is 15.8. The van der Waals surface area contributed by atoms with Gasteiger partial charge in [0, 0.05) is 32.2 Å². The minimum atomic E-state index is -2.77. The van der Waals surface area contributed by atoms with Crippen LogP contribution in [0.15, 0.2) is 24.3 Å². The van der Waals surface area contributed by atoms with Gasteiger partial charge >= 0.3 is 6.61 Å². The zero-order chi connectivity index (χ0) is 15.9. The van der Waals surface area contributed by atoms with Gasteiger partial charge in [-0.3, -0.25) is 4.90 Å². The topological polar surface area (TPSA) is 24.5 Å². The quantitative estimate of drug-likeness (QED) is 0.747. The molecule has 1 aromatic carbocycles. The van der Waals surface area contributed by atoms with Gasteiger partial charge in [-0.1, -0.05) is 26.0 Å². The summed E-state index contributed by atoms with van der Waals surface area (Å²) in [6.45, 7) is 5.75. The normalized spacial score (nSPS) is 16.4. The van der Waals surface area contributed by atoms with Crippen molar-refractivity contribution in [3.63, 3.8) is 0 Å². The molecule has 0 bridgehead atoms. The molecule has 1 saturated heterocycles. The molecule has 1 aliphatic heterocycles. The van der Waals surface area contributed by atoms with Gasteiger partial charge in [-0.2, -0.15) is 8.78 Å². The summed E-state index contributed by atoms with van der Waals surface area (Å²) in [6, 6.07) is 7.48. The Labute approximate surface area is 156 Å². The van der Waals surface area contributed by atoms with Crippen LogP contribution in [0.5, 0.6) is 5.75 Å². The molecule has 140 valence electrons. The van der Waals surface area contributed by atoms with Crippen molar-refractivity contribution in [2.75, 3.05) is 26.2 Å². The molecular formula is C17H28Cl2F2N2O. The van der Waals surface area contributed by atoms with Crippen LogP contribution < -0.4 is 10.1 Å². The van der Waals surface area contributed by atoms with Crippen LogP contribution in [0, 0.1) is 5.92 Å². The third kappa shape index (κ3) is 7.51. The van der Waals surface area contributed by atoms with E-state index in [0.29, 0.717) is 12.0 Å². The predicted octanol–water partition coefficient (Wildman–Crippen LogP) is 4.51. The Morgan fingerprint density at radius 2 is 1.62 bits per heavy atom. The maximum absolute atomic E-state index is 12.2. The van der Waals surface area contributed by atoms with E-state index in [4.69, 9.17) is 0 Å². The van der Waals surface area contributed by atoms with Crippen molar-refractivity contribution in [1.29, 1.82) is 0 Å². The summed E-state index contributed by atoms with van der Waals surface area (Å²) in [6.07, 6.45) is 2.25. The molecule has 0 aliphatic carbocycles. The fourth-order valence-electron chi connectivity index (χ4n) is 2.92. The molecule has 1 aromatic rings. The Morgan fingerprint density at radius 3 is 2.12 bits per heavy atom. The number of ether oxygens (including phenoxy) is 1. The van der Waals surface area contributed by atoms with Crippen molar-refractivity contribution in [2.45, 2.75) is 39.3 Å². The molecule has 0 unspecified atom stereocenters. The fourth-order valence-corrected chi connectivity index (χ4v) is 2.92. The first-order valence-corrected chi connectivity index (χ1v) is 8.06. The second-order valence-electron chi connectivity index (χ2n) is 6.22. The summed E-state index contributed by atoms with van der Waals surface area (Å²) in [5, 5.41) is 3.37. The second-order valence-corrected chi connectivity index (χ2v) is 6.22. The number of piperazine rings is 1. The Kier molecular flexibility index (Phi) is 11.5. The lowest BCUT2D eigenvalue weighted by atomic mass is 9.95. The molecule has 3 nitrogen and oxygen atoms in total. The largest absolute Gasteiger partial charge is 0.435 e. The van der Waals surface area contributed by atoms with Crippen LogP contribution in [0.25, 0.3) is 0 Å². The third-order valence-electron chi connectivity index (χ3n) is 4.10. The molecule has 1 aliphatic rings. The summed E-state index contributed by atoms with van der Waals surface area (Å²) < 4.78 is 28.9. The highest BCUT2D eigenvalue weighted by atomic mass is 35.5. The molecule has 1 fully saturated rings. The molecule has 1 heterocycles. The minimum Gasteiger partial charge on any atom is -0.435 e. The van der Waals surface area contributed by atoms with Gasteiger partial charge in [0.25, 0.3) is 0 Å². The number of hydrogen-bond donors (Lipinski definition) is 1.